The SMILES string of the molecule is O=C(O)CCC(OP(=O)(O)CCC1CCCO1)C(=O)O. The van der Waals surface area contributed by atoms with E-state index >= 15 is 0 Å². The van der Waals surface area contributed by atoms with Crippen molar-refractivity contribution in [1.29, 1.82) is 0 Å². The summed E-state index contributed by atoms with van der Waals surface area (Å²) in [6.07, 6.45) is -0.655. The van der Waals surface area contributed by atoms with Crippen molar-refractivity contribution in [2.75, 3.05) is 12.8 Å². The Labute approximate surface area is 116 Å². The normalized spacial score (nSPS) is 23.1. The summed E-state index contributed by atoms with van der Waals surface area (Å²) in [5, 5.41) is 17.3. The third-order valence-electron chi connectivity index (χ3n) is 2.95. The molecule has 0 amide bonds. The summed E-state index contributed by atoms with van der Waals surface area (Å²) < 4.78 is 21.8. The van der Waals surface area contributed by atoms with Crippen LogP contribution in [-0.4, -0.2) is 52.0 Å². The van der Waals surface area contributed by atoms with Gasteiger partial charge in [-0.05, 0) is 25.7 Å². The quantitative estimate of drug-likeness (QED) is 0.539. The number of hydrogen-bond acceptors (Lipinski definition) is 5. The van der Waals surface area contributed by atoms with Crippen molar-refractivity contribution in [3.8, 4) is 0 Å². The molecule has 1 aliphatic heterocycles. The first-order valence-corrected chi connectivity index (χ1v) is 8.13. The number of hydrogen-bond donors (Lipinski definition) is 3. The number of carboxylic acids is 2. The van der Waals surface area contributed by atoms with Crippen molar-refractivity contribution in [2.24, 2.45) is 0 Å². The molecule has 3 N–H and O–H groups in total. The average Bonchev–Trinajstić information content (AvgIpc) is 2.84. The van der Waals surface area contributed by atoms with Gasteiger partial charge in [-0.1, -0.05) is 0 Å². The maximum absolute atomic E-state index is 11.8. The van der Waals surface area contributed by atoms with E-state index in [2.05, 4.69) is 0 Å². The van der Waals surface area contributed by atoms with Crippen LogP contribution in [0, 0.1) is 0 Å². The second-order valence-corrected chi connectivity index (χ2v) is 6.58. The van der Waals surface area contributed by atoms with E-state index in [4.69, 9.17) is 19.5 Å². The minimum Gasteiger partial charge on any atom is -0.481 e. The molecule has 0 aromatic rings. The monoisotopic (exact) mass is 310 g/mol. The van der Waals surface area contributed by atoms with Crippen molar-refractivity contribution in [3.05, 3.63) is 0 Å². The maximum atomic E-state index is 11.8. The summed E-state index contributed by atoms with van der Waals surface area (Å²) in [5.74, 6) is -2.63. The highest BCUT2D eigenvalue weighted by atomic mass is 31.2. The molecule has 3 atom stereocenters. The molecule has 3 unspecified atom stereocenters. The van der Waals surface area contributed by atoms with E-state index in [9.17, 15) is 19.0 Å². The van der Waals surface area contributed by atoms with Gasteiger partial charge in [0.05, 0.1) is 12.3 Å². The minimum absolute atomic E-state index is 0.0960. The van der Waals surface area contributed by atoms with Gasteiger partial charge >= 0.3 is 19.5 Å². The third kappa shape index (κ3) is 6.47. The Morgan fingerprint density at radius 3 is 2.60 bits per heavy atom. The van der Waals surface area contributed by atoms with E-state index in [0.717, 1.165) is 12.8 Å². The molecule has 0 spiro atoms. The largest absolute Gasteiger partial charge is 0.481 e. The Morgan fingerprint density at radius 1 is 1.40 bits per heavy atom. The molecular formula is C11H19O8P. The van der Waals surface area contributed by atoms with Gasteiger partial charge in [-0.3, -0.25) is 13.9 Å². The van der Waals surface area contributed by atoms with Gasteiger partial charge in [0.25, 0.3) is 0 Å². The number of rotatable bonds is 9. The highest BCUT2D eigenvalue weighted by Gasteiger charge is 2.31. The van der Waals surface area contributed by atoms with Crippen LogP contribution < -0.4 is 0 Å². The van der Waals surface area contributed by atoms with Crippen molar-refractivity contribution in [1.82, 2.24) is 0 Å². The second kappa shape index (κ2) is 7.73. The van der Waals surface area contributed by atoms with Gasteiger partial charge < -0.3 is 19.8 Å². The Kier molecular flexibility index (Phi) is 6.61. The van der Waals surface area contributed by atoms with Crippen molar-refractivity contribution < 1.29 is 38.5 Å². The molecule has 0 bridgehead atoms. The fraction of sp³-hybridized carbons (Fsp3) is 0.818. The number of aliphatic carboxylic acids is 2. The molecule has 0 aromatic carbocycles. The lowest BCUT2D eigenvalue weighted by molar-refractivity contribution is -0.146. The lowest BCUT2D eigenvalue weighted by Gasteiger charge is -2.18. The Balaban J connectivity index is 2.44. The summed E-state index contributed by atoms with van der Waals surface area (Å²) in [6, 6.07) is 0. The Morgan fingerprint density at radius 2 is 2.10 bits per heavy atom. The molecule has 1 rings (SSSR count). The van der Waals surface area contributed by atoms with Crippen LogP contribution in [0.2, 0.25) is 0 Å². The van der Waals surface area contributed by atoms with Crippen LogP contribution in [0.5, 0.6) is 0 Å². The van der Waals surface area contributed by atoms with Gasteiger partial charge in [0, 0.05) is 13.0 Å². The molecule has 0 radical (unpaired) electrons. The van der Waals surface area contributed by atoms with Crippen LogP contribution in [0.15, 0.2) is 0 Å². The average molecular weight is 310 g/mol. The van der Waals surface area contributed by atoms with Crippen LogP contribution in [0.25, 0.3) is 0 Å². The molecule has 0 aromatic heterocycles. The number of ether oxygens (including phenoxy) is 1. The highest BCUT2D eigenvalue weighted by molar-refractivity contribution is 7.52. The topological polar surface area (TPSA) is 130 Å². The summed E-state index contributed by atoms with van der Waals surface area (Å²) in [6.45, 7) is 0.623. The predicted molar refractivity (Wildman–Crippen MR) is 67.7 cm³/mol. The first kappa shape index (κ1) is 17.1. The first-order valence-electron chi connectivity index (χ1n) is 6.36. The van der Waals surface area contributed by atoms with Crippen molar-refractivity contribution >= 4 is 19.5 Å². The van der Waals surface area contributed by atoms with E-state index in [-0.39, 0.29) is 18.7 Å². The van der Waals surface area contributed by atoms with Crippen LogP contribution in [0.4, 0.5) is 0 Å². The lowest BCUT2D eigenvalue weighted by Crippen LogP contribution is -2.24. The van der Waals surface area contributed by atoms with E-state index in [1.165, 1.54) is 0 Å². The molecule has 1 fully saturated rings. The predicted octanol–water partition coefficient (Wildman–Crippen LogP) is 1.08. The van der Waals surface area contributed by atoms with Crippen LogP contribution in [0.3, 0.4) is 0 Å². The smallest absolute Gasteiger partial charge is 0.333 e. The van der Waals surface area contributed by atoms with Crippen LogP contribution in [0.1, 0.15) is 32.1 Å². The van der Waals surface area contributed by atoms with Gasteiger partial charge in [0.15, 0.2) is 6.10 Å². The lowest BCUT2D eigenvalue weighted by atomic mass is 10.2. The van der Waals surface area contributed by atoms with Crippen LogP contribution >= 0.6 is 7.60 Å². The van der Waals surface area contributed by atoms with Crippen molar-refractivity contribution in [2.45, 2.75) is 44.3 Å². The van der Waals surface area contributed by atoms with Gasteiger partial charge in [-0.15, -0.1) is 0 Å². The molecule has 116 valence electrons. The van der Waals surface area contributed by atoms with Crippen molar-refractivity contribution in [3.63, 3.8) is 0 Å². The number of carboxylic acid groups (broad SMARTS) is 2. The third-order valence-corrected chi connectivity index (χ3v) is 4.35. The molecule has 1 aliphatic rings. The zero-order valence-corrected chi connectivity index (χ0v) is 11.8. The van der Waals surface area contributed by atoms with E-state index < -0.39 is 32.1 Å². The van der Waals surface area contributed by atoms with E-state index in [1.54, 1.807) is 0 Å². The van der Waals surface area contributed by atoms with Gasteiger partial charge in [0.2, 0.25) is 0 Å². The molecule has 1 heterocycles. The van der Waals surface area contributed by atoms with E-state index in [1.807, 2.05) is 0 Å². The Bertz CT molecular complexity index is 390. The zero-order chi connectivity index (χ0) is 15.2. The van der Waals surface area contributed by atoms with Gasteiger partial charge in [0.1, 0.15) is 0 Å². The van der Waals surface area contributed by atoms with Crippen LogP contribution in [-0.2, 0) is 23.4 Å². The molecule has 0 aliphatic carbocycles. The zero-order valence-electron chi connectivity index (χ0n) is 10.9. The summed E-state index contributed by atoms with van der Waals surface area (Å²) in [7, 11) is -4.07. The molecule has 9 heteroatoms. The summed E-state index contributed by atoms with van der Waals surface area (Å²) >= 11 is 0. The molecular weight excluding hydrogens is 291 g/mol. The maximum Gasteiger partial charge on any atom is 0.333 e. The fourth-order valence-electron chi connectivity index (χ4n) is 1.91. The van der Waals surface area contributed by atoms with E-state index in [0.29, 0.717) is 13.0 Å². The molecule has 8 nitrogen and oxygen atoms in total. The summed E-state index contributed by atoms with van der Waals surface area (Å²) in [5.41, 5.74) is 0. The van der Waals surface area contributed by atoms with Gasteiger partial charge in [-0.25, -0.2) is 4.79 Å². The fourth-order valence-corrected chi connectivity index (χ4v) is 3.22. The van der Waals surface area contributed by atoms with Gasteiger partial charge in [-0.2, -0.15) is 0 Å². The summed E-state index contributed by atoms with van der Waals surface area (Å²) in [4.78, 5) is 30.9. The standard InChI is InChI=1S/C11H19O8P/c12-10(13)4-3-9(11(14)15)19-20(16,17)7-5-8-2-1-6-18-8/h8-9H,1-7H2,(H,12,13)(H,14,15)(H,16,17). The minimum atomic E-state index is -4.07. The molecule has 1 saturated heterocycles. The highest BCUT2D eigenvalue weighted by Crippen LogP contribution is 2.45. The molecule has 0 saturated carbocycles. The first-order chi connectivity index (χ1) is 9.30. The second-order valence-electron chi connectivity index (χ2n) is 4.65. The number of carbonyl (C=O) groups is 2. The molecule has 20 heavy (non-hydrogen) atoms. The Hall–Kier alpha value is -0.950.